The topological polar surface area (TPSA) is 52.6 Å². The molecule has 1 aliphatic carbocycles. The number of hydrogen-bond donors (Lipinski definition) is 2. The minimum atomic E-state index is 0. The van der Waals surface area contributed by atoms with Crippen LogP contribution in [0.3, 0.4) is 0 Å². The molecule has 136 valence electrons. The molecule has 0 aliphatic heterocycles. The van der Waals surface area contributed by atoms with Crippen molar-refractivity contribution in [2.45, 2.75) is 44.0 Å². The molecular formula is C17H30IN5S. The molecule has 0 spiro atoms. The number of thioether (sulfide) groups is 1. The van der Waals surface area contributed by atoms with Gasteiger partial charge in [0.05, 0.1) is 12.2 Å². The maximum absolute atomic E-state index is 4.62. The molecule has 1 saturated carbocycles. The largest absolute Gasteiger partial charge is 0.363 e. The molecule has 2 rings (SSSR count). The first-order valence-electron chi connectivity index (χ1n) is 8.34. The van der Waals surface area contributed by atoms with E-state index in [2.05, 4.69) is 39.3 Å². The van der Waals surface area contributed by atoms with E-state index in [1.807, 2.05) is 44.2 Å². The van der Waals surface area contributed by atoms with Gasteiger partial charge in [0, 0.05) is 32.4 Å². The van der Waals surface area contributed by atoms with Crippen LogP contribution in [0.25, 0.3) is 0 Å². The number of pyridine rings is 1. The summed E-state index contributed by atoms with van der Waals surface area (Å²) in [6.45, 7) is 2.92. The van der Waals surface area contributed by atoms with Crippen LogP contribution in [0.2, 0.25) is 0 Å². The first-order valence-corrected chi connectivity index (χ1v) is 9.39. The van der Waals surface area contributed by atoms with Gasteiger partial charge in [0.1, 0.15) is 5.82 Å². The van der Waals surface area contributed by atoms with Crippen LogP contribution in [0.4, 0.5) is 5.82 Å². The van der Waals surface area contributed by atoms with Gasteiger partial charge in [-0.05, 0) is 37.1 Å². The Morgan fingerprint density at radius 1 is 1.38 bits per heavy atom. The minimum absolute atomic E-state index is 0. The van der Waals surface area contributed by atoms with Gasteiger partial charge in [0.25, 0.3) is 0 Å². The summed E-state index contributed by atoms with van der Waals surface area (Å²) < 4.78 is 0. The van der Waals surface area contributed by atoms with Gasteiger partial charge in [-0.1, -0.05) is 13.0 Å². The summed E-state index contributed by atoms with van der Waals surface area (Å²) in [5.41, 5.74) is 1.02. The molecule has 7 heteroatoms. The van der Waals surface area contributed by atoms with E-state index in [4.69, 9.17) is 0 Å². The Hall–Kier alpha value is -0.700. The molecular weight excluding hydrogens is 433 g/mol. The molecule has 5 nitrogen and oxygen atoms in total. The van der Waals surface area contributed by atoms with Crippen LogP contribution in [0.5, 0.6) is 0 Å². The first-order chi connectivity index (χ1) is 11.1. The van der Waals surface area contributed by atoms with Crippen LogP contribution < -0.4 is 15.5 Å². The maximum atomic E-state index is 4.62. The molecule has 0 amide bonds. The zero-order valence-corrected chi connectivity index (χ0v) is 18.2. The van der Waals surface area contributed by atoms with Crippen molar-refractivity contribution >= 4 is 47.5 Å². The Labute approximate surface area is 167 Å². The van der Waals surface area contributed by atoms with Crippen molar-refractivity contribution in [2.24, 2.45) is 4.99 Å². The first kappa shape index (κ1) is 21.3. The van der Waals surface area contributed by atoms with Gasteiger partial charge in [-0.15, -0.1) is 24.0 Å². The molecule has 0 saturated heterocycles. The van der Waals surface area contributed by atoms with Gasteiger partial charge in [0.2, 0.25) is 0 Å². The fourth-order valence-corrected chi connectivity index (χ4v) is 3.98. The Bertz CT molecular complexity index is 523. The highest BCUT2D eigenvalue weighted by Crippen LogP contribution is 2.29. The zero-order chi connectivity index (χ0) is 16.7. The quantitative estimate of drug-likeness (QED) is 0.386. The third kappa shape index (κ3) is 6.66. The van der Waals surface area contributed by atoms with Crippen LogP contribution in [0.15, 0.2) is 23.2 Å². The van der Waals surface area contributed by atoms with Crippen molar-refractivity contribution in [1.29, 1.82) is 0 Å². The molecule has 0 radical (unpaired) electrons. The fraction of sp³-hybridized carbons (Fsp3) is 0.647. The second-order valence-corrected chi connectivity index (χ2v) is 7.62. The summed E-state index contributed by atoms with van der Waals surface area (Å²) in [7, 11) is 5.84. The lowest BCUT2D eigenvalue weighted by Crippen LogP contribution is -2.42. The normalized spacial score (nSPS) is 20.4. The molecule has 2 unspecified atom stereocenters. The maximum Gasteiger partial charge on any atom is 0.191 e. The molecule has 1 fully saturated rings. The molecule has 2 N–H and O–H groups in total. The lowest BCUT2D eigenvalue weighted by Gasteiger charge is -2.18. The predicted octanol–water partition coefficient (Wildman–Crippen LogP) is 3.10. The summed E-state index contributed by atoms with van der Waals surface area (Å²) in [6.07, 6.45) is 3.76. The molecule has 1 aliphatic rings. The molecule has 1 aromatic rings. The van der Waals surface area contributed by atoms with Crippen molar-refractivity contribution in [3.8, 4) is 0 Å². The van der Waals surface area contributed by atoms with Crippen molar-refractivity contribution in [1.82, 2.24) is 15.6 Å². The number of aliphatic imine (C=N–C) groups is 1. The van der Waals surface area contributed by atoms with Crippen molar-refractivity contribution < 1.29 is 0 Å². The van der Waals surface area contributed by atoms with Crippen LogP contribution >= 0.6 is 35.7 Å². The smallest absolute Gasteiger partial charge is 0.191 e. The monoisotopic (exact) mass is 463 g/mol. The van der Waals surface area contributed by atoms with Crippen molar-refractivity contribution in [2.75, 3.05) is 31.8 Å². The van der Waals surface area contributed by atoms with Gasteiger partial charge >= 0.3 is 0 Å². The standard InChI is InChI=1S/C17H29N5S.HI/c1-5-23-15-10-9-13(11-15)21-17(18-2)19-12-14-7-6-8-16(20-14)22(3)4;/h6-8,13,15H,5,9-12H2,1-4H3,(H2,18,19,21);1H. The van der Waals surface area contributed by atoms with Gasteiger partial charge in [-0.2, -0.15) is 11.8 Å². The average Bonchev–Trinajstić information content (AvgIpc) is 2.99. The van der Waals surface area contributed by atoms with Gasteiger partial charge < -0.3 is 15.5 Å². The van der Waals surface area contributed by atoms with E-state index < -0.39 is 0 Å². The zero-order valence-electron chi connectivity index (χ0n) is 15.1. The summed E-state index contributed by atoms with van der Waals surface area (Å²) in [5, 5.41) is 7.73. The number of hydrogen-bond acceptors (Lipinski definition) is 4. The van der Waals surface area contributed by atoms with E-state index in [-0.39, 0.29) is 24.0 Å². The summed E-state index contributed by atoms with van der Waals surface area (Å²) in [4.78, 5) is 11.0. The van der Waals surface area contributed by atoms with E-state index in [0.717, 1.165) is 22.7 Å². The predicted molar refractivity (Wildman–Crippen MR) is 117 cm³/mol. The highest BCUT2D eigenvalue weighted by Gasteiger charge is 2.25. The van der Waals surface area contributed by atoms with Crippen LogP contribution in [-0.4, -0.2) is 49.1 Å². The molecule has 0 bridgehead atoms. The summed E-state index contributed by atoms with van der Waals surface area (Å²) in [5.74, 6) is 3.05. The number of rotatable bonds is 6. The number of anilines is 1. The molecule has 24 heavy (non-hydrogen) atoms. The third-order valence-electron chi connectivity index (χ3n) is 4.04. The van der Waals surface area contributed by atoms with E-state index in [1.165, 1.54) is 25.0 Å². The lowest BCUT2D eigenvalue weighted by molar-refractivity contribution is 0.613. The van der Waals surface area contributed by atoms with E-state index in [1.54, 1.807) is 0 Å². The highest BCUT2D eigenvalue weighted by atomic mass is 127. The van der Waals surface area contributed by atoms with Gasteiger partial charge in [0.15, 0.2) is 5.96 Å². The molecule has 0 aromatic carbocycles. The van der Waals surface area contributed by atoms with Crippen molar-refractivity contribution in [3.63, 3.8) is 0 Å². The average molecular weight is 463 g/mol. The Kier molecular flexibility index (Phi) is 9.80. The van der Waals surface area contributed by atoms with Crippen LogP contribution in [0, 0.1) is 0 Å². The van der Waals surface area contributed by atoms with Crippen LogP contribution in [0.1, 0.15) is 31.9 Å². The van der Waals surface area contributed by atoms with Gasteiger partial charge in [-0.25, -0.2) is 4.98 Å². The Morgan fingerprint density at radius 2 is 2.17 bits per heavy atom. The van der Waals surface area contributed by atoms with E-state index in [0.29, 0.717) is 12.6 Å². The number of guanidine groups is 1. The number of halogens is 1. The van der Waals surface area contributed by atoms with E-state index >= 15 is 0 Å². The highest BCUT2D eigenvalue weighted by molar-refractivity contribution is 14.0. The minimum Gasteiger partial charge on any atom is -0.363 e. The number of nitrogens with zero attached hydrogens (tertiary/aromatic N) is 3. The third-order valence-corrected chi connectivity index (χ3v) is 5.27. The van der Waals surface area contributed by atoms with Gasteiger partial charge in [-0.3, -0.25) is 4.99 Å². The number of aromatic nitrogens is 1. The SMILES string of the molecule is CCSC1CCC(NC(=NC)NCc2cccc(N(C)C)n2)C1.I. The van der Waals surface area contributed by atoms with E-state index in [9.17, 15) is 0 Å². The van der Waals surface area contributed by atoms with Crippen molar-refractivity contribution in [3.05, 3.63) is 23.9 Å². The summed E-state index contributed by atoms with van der Waals surface area (Å²) in [6, 6.07) is 6.63. The molecule has 1 heterocycles. The number of nitrogens with one attached hydrogen (secondary N) is 2. The fourth-order valence-electron chi connectivity index (χ4n) is 2.84. The lowest BCUT2D eigenvalue weighted by atomic mass is 10.2. The second-order valence-electron chi connectivity index (χ2n) is 6.04. The Morgan fingerprint density at radius 3 is 2.83 bits per heavy atom. The molecule has 1 aromatic heterocycles. The Balaban J connectivity index is 0.00000288. The second kappa shape index (κ2) is 11.0. The summed E-state index contributed by atoms with van der Waals surface area (Å²) >= 11 is 2.08. The van der Waals surface area contributed by atoms with Crippen LogP contribution in [-0.2, 0) is 6.54 Å². The molecule has 2 atom stereocenters.